The second-order valence-corrected chi connectivity index (χ2v) is 5.08. The molecule has 0 spiro atoms. The van der Waals surface area contributed by atoms with Gasteiger partial charge in [-0.15, -0.1) is 0 Å². The van der Waals surface area contributed by atoms with E-state index in [1.807, 2.05) is 0 Å². The molecule has 0 heteroatoms. The highest BCUT2D eigenvalue weighted by molar-refractivity contribution is 4.80. The van der Waals surface area contributed by atoms with E-state index in [9.17, 15) is 0 Å². The average molecular weight is 237 g/mol. The Kier molecular flexibility index (Phi) is 15.5. The number of allylic oxidation sites excluding steroid dienone is 2. The third-order valence-corrected chi connectivity index (χ3v) is 3.24. The van der Waals surface area contributed by atoms with Crippen LogP contribution in [0.2, 0.25) is 0 Å². The molecule has 0 heterocycles. The lowest BCUT2D eigenvalue weighted by Gasteiger charge is -2.01. The molecule has 0 rings (SSSR count). The summed E-state index contributed by atoms with van der Waals surface area (Å²) in [4.78, 5) is 0. The smallest absolute Gasteiger partial charge is 0.0351 e. The van der Waals surface area contributed by atoms with Gasteiger partial charge in [-0.05, 0) is 19.3 Å². The molecule has 0 aliphatic carbocycles. The second-order valence-electron chi connectivity index (χ2n) is 5.08. The molecule has 0 aliphatic heterocycles. The maximum absolute atomic E-state index is 3.87. The Hall–Kier alpha value is -0.260. The third kappa shape index (κ3) is 15.7. The van der Waals surface area contributed by atoms with Crippen LogP contribution >= 0.6 is 0 Å². The minimum atomic E-state index is 1.12. The standard InChI is InChI=1S/C17H33/c1-3-5-7-9-11-13-15-17-16-14-12-10-8-6-4-2/h8,10H,1,3-7,9,11-17H2,2H3/b10-8+. The molecule has 0 bridgehead atoms. The van der Waals surface area contributed by atoms with Gasteiger partial charge < -0.3 is 0 Å². The molecule has 0 aliphatic rings. The molecule has 101 valence electrons. The minimum Gasteiger partial charge on any atom is -0.0885 e. The zero-order valence-electron chi connectivity index (χ0n) is 12.1. The summed E-state index contributed by atoms with van der Waals surface area (Å²) in [5.41, 5.74) is 0. The van der Waals surface area contributed by atoms with Gasteiger partial charge >= 0.3 is 0 Å². The van der Waals surface area contributed by atoms with Gasteiger partial charge in [-0.3, -0.25) is 0 Å². The Morgan fingerprint density at radius 3 is 1.65 bits per heavy atom. The summed E-state index contributed by atoms with van der Waals surface area (Å²) in [7, 11) is 0. The van der Waals surface area contributed by atoms with Crippen molar-refractivity contribution in [2.45, 2.75) is 90.4 Å². The highest BCUT2D eigenvalue weighted by Crippen LogP contribution is 2.11. The summed E-state index contributed by atoms with van der Waals surface area (Å²) in [6.45, 7) is 6.11. The summed E-state index contributed by atoms with van der Waals surface area (Å²) >= 11 is 0. The summed E-state index contributed by atoms with van der Waals surface area (Å²) in [5, 5.41) is 0. The topological polar surface area (TPSA) is 0 Å². The molecule has 0 amide bonds. The molecule has 0 aromatic rings. The number of hydrogen-bond donors (Lipinski definition) is 0. The van der Waals surface area contributed by atoms with Crippen LogP contribution in [0.15, 0.2) is 12.2 Å². The Morgan fingerprint density at radius 1 is 0.647 bits per heavy atom. The largest absolute Gasteiger partial charge is 0.0885 e. The first-order chi connectivity index (χ1) is 8.41. The lowest BCUT2D eigenvalue weighted by atomic mass is 10.1. The molecule has 0 saturated carbocycles. The van der Waals surface area contributed by atoms with Crippen LogP contribution < -0.4 is 0 Å². The maximum atomic E-state index is 3.87. The highest BCUT2D eigenvalue weighted by atomic mass is 14.0. The first-order valence-corrected chi connectivity index (χ1v) is 7.86. The number of hydrogen-bond acceptors (Lipinski definition) is 0. The normalized spacial score (nSPS) is 11.4. The van der Waals surface area contributed by atoms with Gasteiger partial charge in [0.05, 0.1) is 0 Å². The summed E-state index contributed by atoms with van der Waals surface area (Å²) in [6, 6.07) is 0. The first kappa shape index (κ1) is 16.7. The van der Waals surface area contributed by atoms with Gasteiger partial charge in [-0.25, -0.2) is 0 Å². The van der Waals surface area contributed by atoms with E-state index in [1.54, 1.807) is 0 Å². The maximum Gasteiger partial charge on any atom is -0.0351 e. The van der Waals surface area contributed by atoms with Crippen LogP contribution in [0.1, 0.15) is 90.4 Å². The lowest BCUT2D eigenvalue weighted by Crippen LogP contribution is -1.81. The van der Waals surface area contributed by atoms with E-state index in [2.05, 4.69) is 26.0 Å². The predicted molar refractivity (Wildman–Crippen MR) is 80.2 cm³/mol. The van der Waals surface area contributed by atoms with Crippen molar-refractivity contribution in [2.24, 2.45) is 0 Å². The van der Waals surface area contributed by atoms with E-state index in [-0.39, 0.29) is 0 Å². The van der Waals surface area contributed by atoms with Gasteiger partial charge in [-0.2, -0.15) is 0 Å². The predicted octanol–water partition coefficient (Wildman–Crippen LogP) is 6.47. The van der Waals surface area contributed by atoms with Gasteiger partial charge in [0, 0.05) is 0 Å². The molecule has 0 aromatic heterocycles. The van der Waals surface area contributed by atoms with Gasteiger partial charge in [0.15, 0.2) is 0 Å². The van der Waals surface area contributed by atoms with Gasteiger partial charge in [0.2, 0.25) is 0 Å². The first-order valence-electron chi connectivity index (χ1n) is 7.86. The van der Waals surface area contributed by atoms with E-state index in [0.29, 0.717) is 0 Å². The van der Waals surface area contributed by atoms with Crippen LogP contribution in [0.4, 0.5) is 0 Å². The monoisotopic (exact) mass is 237 g/mol. The number of rotatable bonds is 13. The van der Waals surface area contributed by atoms with E-state index in [0.717, 1.165) is 6.42 Å². The summed E-state index contributed by atoms with van der Waals surface area (Å²) < 4.78 is 0. The van der Waals surface area contributed by atoms with Crippen molar-refractivity contribution in [1.29, 1.82) is 0 Å². The molecule has 0 aromatic carbocycles. The Bertz CT molecular complexity index is 146. The van der Waals surface area contributed by atoms with Crippen molar-refractivity contribution < 1.29 is 0 Å². The molecular formula is C17H33. The van der Waals surface area contributed by atoms with Crippen LogP contribution in [0.5, 0.6) is 0 Å². The lowest BCUT2D eigenvalue weighted by molar-refractivity contribution is 0.561. The molecule has 0 unspecified atom stereocenters. The molecule has 0 fully saturated rings. The fourth-order valence-electron chi connectivity index (χ4n) is 2.08. The van der Waals surface area contributed by atoms with E-state index in [1.165, 1.54) is 77.0 Å². The van der Waals surface area contributed by atoms with Crippen molar-refractivity contribution in [3.63, 3.8) is 0 Å². The van der Waals surface area contributed by atoms with Gasteiger partial charge in [0.25, 0.3) is 0 Å². The fourth-order valence-corrected chi connectivity index (χ4v) is 2.08. The van der Waals surface area contributed by atoms with Crippen molar-refractivity contribution in [3.05, 3.63) is 19.1 Å². The average Bonchev–Trinajstić information content (AvgIpc) is 2.35. The SMILES string of the molecule is [CH2]CCCCCCCCCCC/C=C/CCC. The summed E-state index contributed by atoms with van der Waals surface area (Å²) in [6.07, 6.45) is 22.4. The molecule has 0 saturated heterocycles. The molecule has 0 N–H and O–H groups in total. The van der Waals surface area contributed by atoms with Crippen LogP contribution in [0.3, 0.4) is 0 Å². The van der Waals surface area contributed by atoms with E-state index >= 15 is 0 Å². The van der Waals surface area contributed by atoms with Crippen molar-refractivity contribution in [2.75, 3.05) is 0 Å². The van der Waals surface area contributed by atoms with Crippen LogP contribution in [0, 0.1) is 6.92 Å². The van der Waals surface area contributed by atoms with Crippen LogP contribution in [0.25, 0.3) is 0 Å². The molecule has 0 nitrogen and oxygen atoms in total. The van der Waals surface area contributed by atoms with E-state index < -0.39 is 0 Å². The quantitative estimate of drug-likeness (QED) is 0.254. The molecule has 1 radical (unpaired) electrons. The van der Waals surface area contributed by atoms with Gasteiger partial charge in [-0.1, -0.05) is 90.2 Å². The molecule has 0 atom stereocenters. The van der Waals surface area contributed by atoms with Gasteiger partial charge in [0.1, 0.15) is 0 Å². The number of unbranched alkanes of at least 4 members (excludes halogenated alkanes) is 11. The zero-order chi connectivity index (χ0) is 12.6. The minimum absolute atomic E-state index is 1.12. The van der Waals surface area contributed by atoms with Crippen LogP contribution in [-0.4, -0.2) is 0 Å². The fraction of sp³-hybridized carbons (Fsp3) is 0.824. The Morgan fingerprint density at radius 2 is 1.12 bits per heavy atom. The van der Waals surface area contributed by atoms with Crippen molar-refractivity contribution in [3.8, 4) is 0 Å². The Labute approximate surface area is 110 Å². The van der Waals surface area contributed by atoms with Crippen molar-refractivity contribution in [1.82, 2.24) is 0 Å². The Balaban J connectivity index is 2.94. The zero-order valence-corrected chi connectivity index (χ0v) is 12.1. The summed E-state index contributed by atoms with van der Waals surface area (Å²) in [5.74, 6) is 0. The van der Waals surface area contributed by atoms with E-state index in [4.69, 9.17) is 0 Å². The molecular weight excluding hydrogens is 204 g/mol. The third-order valence-electron chi connectivity index (χ3n) is 3.24. The van der Waals surface area contributed by atoms with Crippen molar-refractivity contribution >= 4 is 0 Å². The van der Waals surface area contributed by atoms with Crippen LogP contribution in [-0.2, 0) is 0 Å². The highest BCUT2D eigenvalue weighted by Gasteiger charge is 1.91. The molecule has 17 heavy (non-hydrogen) atoms. The second kappa shape index (κ2) is 15.7.